The third-order valence-electron chi connectivity index (χ3n) is 3.35. The molecular weight excluding hydrogens is 208 g/mol. The normalized spacial score (nSPS) is 11.6. The molecule has 0 spiro atoms. The molecule has 1 aromatic heterocycles. The van der Waals surface area contributed by atoms with Crippen LogP contribution >= 0.6 is 0 Å². The Bertz CT molecular complexity index is 509. The summed E-state index contributed by atoms with van der Waals surface area (Å²) in [6.45, 7) is 9.68. The van der Waals surface area contributed by atoms with Crippen LogP contribution in [0, 0.1) is 6.92 Å². The van der Waals surface area contributed by atoms with Crippen molar-refractivity contribution in [3.8, 4) is 0 Å². The molecule has 17 heavy (non-hydrogen) atoms. The van der Waals surface area contributed by atoms with Gasteiger partial charge in [-0.2, -0.15) is 0 Å². The number of para-hydroxylation sites is 1. The van der Waals surface area contributed by atoms with Crippen molar-refractivity contribution in [1.82, 2.24) is 10.3 Å². The zero-order valence-corrected chi connectivity index (χ0v) is 11.2. The molecule has 0 aliphatic rings. The first-order valence-corrected chi connectivity index (χ1v) is 6.46. The average Bonchev–Trinajstić information content (AvgIpc) is 2.64. The van der Waals surface area contributed by atoms with Gasteiger partial charge in [-0.3, -0.25) is 0 Å². The van der Waals surface area contributed by atoms with Gasteiger partial charge in [-0.25, -0.2) is 0 Å². The van der Waals surface area contributed by atoms with E-state index in [-0.39, 0.29) is 0 Å². The average molecular weight is 230 g/mol. The molecule has 2 nitrogen and oxygen atoms in total. The van der Waals surface area contributed by atoms with Crippen LogP contribution in [0.2, 0.25) is 0 Å². The second kappa shape index (κ2) is 4.92. The Balaban J connectivity index is 2.41. The summed E-state index contributed by atoms with van der Waals surface area (Å²) >= 11 is 0. The van der Waals surface area contributed by atoms with Gasteiger partial charge in [0.05, 0.1) is 0 Å². The Hall–Kier alpha value is -1.28. The van der Waals surface area contributed by atoms with Gasteiger partial charge in [0.1, 0.15) is 0 Å². The fourth-order valence-electron chi connectivity index (χ4n) is 2.25. The highest BCUT2D eigenvalue weighted by molar-refractivity contribution is 5.87. The number of hydrogen-bond acceptors (Lipinski definition) is 1. The lowest BCUT2D eigenvalue weighted by Gasteiger charge is -2.07. The number of aromatic amines is 1. The lowest BCUT2D eigenvalue weighted by molar-refractivity contribution is 0.582. The molecule has 0 aliphatic heterocycles. The van der Waals surface area contributed by atoms with Gasteiger partial charge < -0.3 is 10.3 Å². The fraction of sp³-hybridized carbons (Fsp3) is 0.467. The zero-order valence-electron chi connectivity index (χ0n) is 11.2. The molecule has 92 valence electrons. The van der Waals surface area contributed by atoms with E-state index in [1.54, 1.807) is 0 Å². The summed E-state index contributed by atoms with van der Waals surface area (Å²) in [6.07, 6.45) is 1.08. The minimum atomic E-state index is 0.520. The Kier molecular flexibility index (Phi) is 3.53. The summed E-state index contributed by atoms with van der Waals surface area (Å²) in [5.41, 5.74) is 5.41. The molecule has 0 bridgehead atoms. The highest BCUT2D eigenvalue weighted by atomic mass is 14.9. The van der Waals surface area contributed by atoms with Crippen molar-refractivity contribution < 1.29 is 0 Å². The van der Waals surface area contributed by atoms with Crippen LogP contribution in [-0.4, -0.2) is 11.0 Å². The Morgan fingerprint density at radius 3 is 2.71 bits per heavy atom. The molecule has 0 atom stereocenters. The van der Waals surface area contributed by atoms with Crippen LogP contribution in [0.5, 0.6) is 0 Å². The maximum Gasteiger partial charge on any atom is 0.0491 e. The van der Waals surface area contributed by atoms with E-state index < -0.39 is 0 Å². The van der Waals surface area contributed by atoms with Crippen molar-refractivity contribution in [2.24, 2.45) is 0 Å². The predicted octanol–water partition coefficient (Wildman–Crippen LogP) is 3.54. The topological polar surface area (TPSA) is 27.8 Å². The molecular formula is C15H22N2. The Labute approximate surface area is 103 Å². The number of aryl methyl sites for hydroxylation is 2. The molecule has 1 heterocycles. The zero-order chi connectivity index (χ0) is 12.4. The highest BCUT2D eigenvalue weighted by Gasteiger charge is 2.09. The van der Waals surface area contributed by atoms with Gasteiger partial charge in [-0.15, -0.1) is 0 Å². The maximum absolute atomic E-state index is 3.58. The maximum atomic E-state index is 3.58. The van der Waals surface area contributed by atoms with E-state index in [4.69, 9.17) is 0 Å². The van der Waals surface area contributed by atoms with E-state index in [1.165, 1.54) is 27.7 Å². The first-order valence-electron chi connectivity index (χ1n) is 6.46. The Morgan fingerprint density at radius 1 is 1.29 bits per heavy atom. The van der Waals surface area contributed by atoms with Crippen molar-refractivity contribution in [2.45, 2.75) is 46.7 Å². The minimum absolute atomic E-state index is 0.520. The van der Waals surface area contributed by atoms with E-state index in [0.717, 1.165) is 13.0 Å². The fourth-order valence-corrected chi connectivity index (χ4v) is 2.25. The molecule has 0 saturated heterocycles. The first-order chi connectivity index (χ1) is 8.13. The molecule has 2 N–H and O–H groups in total. The van der Waals surface area contributed by atoms with E-state index in [9.17, 15) is 0 Å². The predicted molar refractivity (Wildman–Crippen MR) is 74.4 cm³/mol. The van der Waals surface area contributed by atoms with Crippen molar-refractivity contribution in [3.05, 3.63) is 35.0 Å². The van der Waals surface area contributed by atoms with Gasteiger partial charge in [0.15, 0.2) is 0 Å². The van der Waals surface area contributed by atoms with Gasteiger partial charge in [0.2, 0.25) is 0 Å². The van der Waals surface area contributed by atoms with E-state index >= 15 is 0 Å². The summed E-state index contributed by atoms with van der Waals surface area (Å²) in [7, 11) is 0. The standard InChI is InChI=1S/C15H22N2/c1-5-12-7-6-8-13-11(4)14(17-15(12)13)9-16-10(2)3/h6-8,10,16-17H,5,9H2,1-4H3. The van der Waals surface area contributed by atoms with Crippen LogP contribution in [0.4, 0.5) is 0 Å². The largest absolute Gasteiger partial charge is 0.357 e. The van der Waals surface area contributed by atoms with Gasteiger partial charge in [-0.1, -0.05) is 39.0 Å². The molecule has 2 heteroatoms. The van der Waals surface area contributed by atoms with Crippen LogP contribution in [0.3, 0.4) is 0 Å². The molecule has 0 fully saturated rings. The summed E-state index contributed by atoms with van der Waals surface area (Å²) < 4.78 is 0. The van der Waals surface area contributed by atoms with Gasteiger partial charge in [-0.05, 0) is 24.5 Å². The van der Waals surface area contributed by atoms with Crippen LogP contribution in [0.25, 0.3) is 10.9 Å². The van der Waals surface area contributed by atoms with Crippen LogP contribution in [0.15, 0.2) is 18.2 Å². The summed E-state index contributed by atoms with van der Waals surface area (Å²) in [6, 6.07) is 7.09. The number of aromatic nitrogens is 1. The van der Waals surface area contributed by atoms with Crippen molar-refractivity contribution in [3.63, 3.8) is 0 Å². The second-order valence-electron chi connectivity index (χ2n) is 4.96. The van der Waals surface area contributed by atoms with Gasteiger partial charge in [0, 0.05) is 29.2 Å². The molecule has 0 radical (unpaired) electrons. The van der Waals surface area contributed by atoms with Crippen LogP contribution in [0.1, 0.15) is 37.6 Å². The molecule has 0 amide bonds. The van der Waals surface area contributed by atoms with Crippen LogP contribution < -0.4 is 5.32 Å². The third kappa shape index (κ3) is 2.37. The van der Waals surface area contributed by atoms with E-state index in [1.807, 2.05) is 0 Å². The minimum Gasteiger partial charge on any atom is -0.357 e. The van der Waals surface area contributed by atoms with Crippen molar-refractivity contribution in [2.75, 3.05) is 0 Å². The summed E-state index contributed by atoms with van der Waals surface area (Å²) in [4.78, 5) is 3.58. The summed E-state index contributed by atoms with van der Waals surface area (Å²) in [5.74, 6) is 0. The molecule has 2 rings (SSSR count). The van der Waals surface area contributed by atoms with Gasteiger partial charge in [0.25, 0.3) is 0 Å². The number of H-pyrrole nitrogens is 1. The van der Waals surface area contributed by atoms with Crippen LogP contribution in [-0.2, 0) is 13.0 Å². The van der Waals surface area contributed by atoms with Crippen molar-refractivity contribution >= 4 is 10.9 Å². The SMILES string of the molecule is CCc1cccc2c(C)c(CNC(C)C)[nH]c12. The molecule has 0 unspecified atom stereocenters. The Morgan fingerprint density at radius 2 is 2.06 bits per heavy atom. The van der Waals surface area contributed by atoms with E-state index in [0.29, 0.717) is 6.04 Å². The number of rotatable bonds is 4. The highest BCUT2D eigenvalue weighted by Crippen LogP contribution is 2.24. The number of benzene rings is 1. The summed E-state index contributed by atoms with van der Waals surface area (Å²) in [5, 5.41) is 4.84. The molecule has 0 aliphatic carbocycles. The van der Waals surface area contributed by atoms with Gasteiger partial charge >= 0.3 is 0 Å². The number of hydrogen-bond donors (Lipinski definition) is 2. The number of nitrogens with one attached hydrogen (secondary N) is 2. The monoisotopic (exact) mass is 230 g/mol. The van der Waals surface area contributed by atoms with Crippen molar-refractivity contribution in [1.29, 1.82) is 0 Å². The third-order valence-corrected chi connectivity index (χ3v) is 3.35. The van der Waals surface area contributed by atoms with E-state index in [2.05, 4.69) is 56.2 Å². The molecule has 2 aromatic rings. The lowest BCUT2D eigenvalue weighted by Crippen LogP contribution is -2.22. The first kappa shape index (κ1) is 12.2. The lowest BCUT2D eigenvalue weighted by atomic mass is 10.1. The second-order valence-corrected chi connectivity index (χ2v) is 4.96. The molecule has 1 aromatic carbocycles. The molecule has 0 saturated carbocycles. The number of fused-ring (bicyclic) bond motifs is 1. The quantitative estimate of drug-likeness (QED) is 0.826. The smallest absolute Gasteiger partial charge is 0.0491 e.